The summed E-state index contributed by atoms with van der Waals surface area (Å²) < 4.78 is 20.7. The summed E-state index contributed by atoms with van der Waals surface area (Å²) in [5.74, 6) is 0.814. The molecule has 0 bridgehead atoms. The van der Waals surface area contributed by atoms with Crippen LogP contribution in [0.1, 0.15) is 58.3 Å². The third kappa shape index (κ3) is 9.82. The standard InChI is InChI=1S/C16H27O5P/c1-2-3-4-5-6-7-8-9-14-20-15-10-12-16(13-11-15)21-22(17,18)19/h10-13H,2-9,14H2,1H3,(H2,17,18,19). The molecular formula is C16H27O5P. The highest BCUT2D eigenvalue weighted by Crippen LogP contribution is 2.37. The highest BCUT2D eigenvalue weighted by atomic mass is 31.2. The van der Waals surface area contributed by atoms with E-state index in [9.17, 15) is 4.57 Å². The molecule has 0 aliphatic heterocycles. The van der Waals surface area contributed by atoms with Gasteiger partial charge in [0.15, 0.2) is 0 Å². The predicted octanol–water partition coefficient (Wildman–Crippen LogP) is 4.68. The first-order valence-electron chi connectivity index (χ1n) is 7.99. The Morgan fingerprint density at radius 2 is 1.36 bits per heavy atom. The smallest absolute Gasteiger partial charge is 0.494 e. The monoisotopic (exact) mass is 330 g/mol. The van der Waals surface area contributed by atoms with Gasteiger partial charge in [0, 0.05) is 0 Å². The first-order chi connectivity index (χ1) is 10.5. The van der Waals surface area contributed by atoms with E-state index in [1.54, 1.807) is 12.1 Å². The van der Waals surface area contributed by atoms with Crippen LogP contribution in [0, 0.1) is 0 Å². The van der Waals surface area contributed by atoms with Gasteiger partial charge in [0.1, 0.15) is 11.5 Å². The lowest BCUT2D eigenvalue weighted by Crippen LogP contribution is -1.97. The normalized spacial score (nSPS) is 11.4. The summed E-state index contributed by atoms with van der Waals surface area (Å²) in [4.78, 5) is 17.4. The minimum absolute atomic E-state index is 0.132. The molecule has 0 heterocycles. The van der Waals surface area contributed by atoms with E-state index < -0.39 is 7.82 Å². The zero-order valence-corrected chi connectivity index (χ0v) is 14.1. The maximum Gasteiger partial charge on any atom is 0.524 e. The molecule has 5 nitrogen and oxygen atoms in total. The Morgan fingerprint density at radius 1 is 0.864 bits per heavy atom. The fourth-order valence-electron chi connectivity index (χ4n) is 2.16. The van der Waals surface area contributed by atoms with E-state index >= 15 is 0 Å². The molecule has 0 aliphatic rings. The van der Waals surface area contributed by atoms with Crippen molar-refractivity contribution in [2.24, 2.45) is 0 Å². The second-order valence-electron chi connectivity index (χ2n) is 5.38. The molecule has 0 atom stereocenters. The predicted molar refractivity (Wildman–Crippen MR) is 87.2 cm³/mol. The van der Waals surface area contributed by atoms with Gasteiger partial charge in [-0.15, -0.1) is 0 Å². The van der Waals surface area contributed by atoms with Crippen molar-refractivity contribution in [2.75, 3.05) is 6.61 Å². The van der Waals surface area contributed by atoms with Gasteiger partial charge in [-0.1, -0.05) is 51.9 Å². The summed E-state index contributed by atoms with van der Waals surface area (Å²) in [7, 11) is -4.49. The van der Waals surface area contributed by atoms with Gasteiger partial charge < -0.3 is 9.26 Å². The summed E-state index contributed by atoms with van der Waals surface area (Å²) in [6.45, 7) is 2.88. The number of phosphoric acid groups is 1. The minimum Gasteiger partial charge on any atom is -0.494 e. The van der Waals surface area contributed by atoms with Crippen LogP contribution < -0.4 is 9.26 Å². The largest absolute Gasteiger partial charge is 0.524 e. The number of rotatable bonds is 12. The number of benzene rings is 1. The summed E-state index contributed by atoms with van der Waals surface area (Å²) in [6.07, 6.45) is 10.0. The number of hydrogen-bond donors (Lipinski definition) is 2. The Morgan fingerprint density at radius 3 is 1.91 bits per heavy atom. The summed E-state index contributed by atoms with van der Waals surface area (Å²) in [6, 6.07) is 6.27. The van der Waals surface area contributed by atoms with Crippen LogP contribution in [0.15, 0.2) is 24.3 Å². The number of hydrogen-bond acceptors (Lipinski definition) is 3. The molecule has 1 aromatic rings. The zero-order chi connectivity index (χ0) is 16.3. The van der Waals surface area contributed by atoms with Crippen LogP contribution >= 0.6 is 7.82 Å². The molecule has 0 radical (unpaired) electrons. The van der Waals surface area contributed by atoms with E-state index in [4.69, 9.17) is 14.5 Å². The molecule has 1 aromatic carbocycles. The first kappa shape index (κ1) is 19.0. The van der Waals surface area contributed by atoms with Gasteiger partial charge in [-0.3, -0.25) is 9.79 Å². The number of unbranched alkanes of at least 4 members (excludes halogenated alkanes) is 7. The number of phosphoric ester groups is 1. The van der Waals surface area contributed by atoms with Gasteiger partial charge in [0.05, 0.1) is 6.61 Å². The molecule has 1 rings (SSSR count). The van der Waals surface area contributed by atoms with Crippen LogP contribution in [0.4, 0.5) is 0 Å². The van der Waals surface area contributed by atoms with Crippen LogP contribution in [-0.2, 0) is 4.57 Å². The molecule has 126 valence electrons. The second kappa shape index (κ2) is 10.7. The number of ether oxygens (including phenoxy) is 1. The third-order valence-corrected chi connectivity index (χ3v) is 3.76. The maximum absolute atomic E-state index is 10.7. The summed E-state index contributed by atoms with van der Waals surface area (Å²) >= 11 is 0. The lowest BCUT2D eigenvalue weighted by Gasteiger charge is -2.09. The lowest BCUT2D eigenvalue weighted by atomic mass is 10.1. The molecule has 0 aromatic heterocycles. The van der Waals surface area contributed by atoms with Crippen LogP contribution in [0.2, 0.25) is 0 Å². The molecule has 0 saturated carbocycles. The lowest BCUT2D eigenvalue weighted by molar-refractivity contribution is 0.282. The molecule has 0 amide bonds. The average Bonchev–Trinajstić information content (AvgIpc) is 2.46. The summed E-state index contributed by atoms with van der Waals surface area (Å²) in [5.41, 5.74) is 0. The van der Waals surface area contributed by atoms with Crippen molar-refractivity contribution in [1.82, 2.24) is 0 Å². The van der Waals surface area contributed by atoms with Crippen molar-refractivity contribution >= 4 is 7.82 Å². The maximum atomic E-state index is 10.7. The molecule has 6 heteroatoms. The van der Waals surface area contributed by atoms with Crippen molar-refractivity contribution in [3.05, 3.63) is 24.3 Å². The molecule has 2 N–H and O–H groups in total. The van der Waals surface area contributed by atoms with Crippen molar-refractivity contribution in [1.29, 1.82) is 0 Å². The van der Waals surface area contributed by atoms with Crippen LogP contribution in [0.5, 0.6) is 11.5 Å². The van der Waals surface area contributed by atoms with Gasteiger partial charge in [0.25, 0.3) is 0 Å². The van der Waals surface area contributed by atoms with E-state index in [0.717, 1.165) is 6.42 Å². The van der Waals surface area contributed by atoms with Crippen LogP contribution in [-0.4, -0.2) is 16.4 Å². The van der Waals surface area contributed by atoms with E-state index in [1.165, 1.54) is 57.1 Å². The highest BCUT2D eigenvalue weighted by molar-refractivity contribution is 7.46. The SMILES string of the molecule is CCCCCCCCCCOc1ccc(OP(=O)(O)O)cc1. The van der Waals surface area contributed by atoms with E-state index in [0.29, 0.717) is 12.4 Å². The van der Waals surface area contributed by atoms with Crippen molar-refractivity contribution in [3.63, 3.8) is 0 Å². The van der Waals surface area contributed by atoms with Gasteiger partial charge in [-0.2, -0.15) is 0 Å². The van der Waals surface area contributed by atoms with Crippen LogP contribution in [0.25, 0.3) is 0 Å². The van der Waals surface area contributed by atoms with Crippen molar-refractivity contribution in [2.45, 2.75) is 58.3 Å². The fraction of sp³-hybridized carbons (Fsp3) is 0.625. The Balaban J connectivity index is 2.09. The van der Waals surface area contributed by atoms with Crippen molar-refractivity contribution < 1.29 is 23.6 Å². The second-order valence-corrected chi connectivity index (χ2v) is 6.54. The van der Waals surface area contributed by atoms with Gasteiger partial charge in [-0.05, 0) is 30.7 Å². The first-order valence-corrected chi connectivity index (χ1v) is 9.52. The Kier molecular flexibility index (Phi) is 9.21. The van der Waals surface area contributed by atoms with E-state index in [-0.39, 0.29) is 5.75 Å². The third-order valence-electron chi connectivity index (χ3n) is 3.31. The Bertz CT molecular complexity index is 440. The molecule has 0 spiro atoms. The minimum atomic E-state index is -4.49. The molecule has 0 fully saturated rings. The Labute approximate surface area is 132 Å². The molecule has 0 saturated heterocycles. The molecule has 0 unspecified atom stereocenters. The fourth-order valence-corrected chi connectivity index (χ4v) is 2.56. The molecular weight excluding hydrogens is 303 g/mol. The average molecular weight is 330 g/mol. The molecule has 0 aliphatic carbocycles. The van der Waals surface area contributed by atoms with Gasteiger partial charge in [0.2, 0.25) is 0 Å². The van der Waals surface area contributed by atoms with Crippen molar-refractivity contribution in [3.8, 4) is 11.5 Å². The Hall–Kier alpha value is -1.03. The summed E-state index contributed by atoms with van der Waals surface area (Å²) in [5, 5.41) is 0. The van der Waals surface area contributed by atoms with Gasteiger partial charge >= 0.3 is 7.82 Å². The quantitative estimate of drug-likeness (QED) is 0.430. The molecule has 22 heavy (non-hydrogen) atoms. The van der Waals surface area contributed by atoms with Gasteiger partial charge in [-0.25, -0.2) is 4.57 Å². The zero-order valence-electron chi connectivity index (χ0n) is 13.2. The van der Waals surface area contributed by atoms with E-state index in [2.05, 4.69) is 11.4 Å². The highest BCUT2D eigenvalue weighted by Gasteiger charge is 2.15. The topological polar surface area (TPSA) is 76.0 Å². The van der Waals surface area contributed by atoms with E-state index in [1.807, 2.05) is 0 Å². The van der Waals surface area contributed by atoms with Crippen LogP contribution in [0.3, 0.4) is 0 Å².